The minimum Gasteiger partial charge on any atom is -0.379 e. The molecule has 0 aromatic heterocycles. The van der Waals surface area contributed by atoms with Crippen LogP contribution in [0, 0.1) is 6.92 Å². The van der Waals surface area contributed by atoms with Crippen molar-refractivity contribution >= 4 is 36.6 Å². The Morgan fingerprint density at radius 2 is 1.88 bits per heavy atom. The molecule has 1 aromatic rings. The molecular weight excluding hydrogens is 386 g/mol. The second-order valence-corrected chi connectivity index (χ2v) is 8.69. The molecule has 0 radical (unpaired) electrons. The molecule has 6 nitrogen and oxygen atoms in total. The van der Waals surface area contributed by atoms with E-state index in [1.165, 1.54) is 0 Å². The average molecular weight is 407 g/mol. The van der Waals surface area contributed by atoms with Crippen LogP contribution in [0.5, 0.6) is 0 Å². The Hall–Kier alpha value is -0.880. The number of rotatable bonds is 6. The maximum atomic E-state index is 13.5. The molecule has 1 aliphatic rings. The standard InChI is InChI=1S/C16H21Cl2N2O4P/c1-3-24-25(22,20-8-10-23-11-9-20)16(14(17)18)19-15(21)13-6-4-12(2)5-7-13/h4-7H,3,8-11H2,1-2H3,(H,19,21)/t25-/m1/s1. The van der Waals surface area contributed by atoms with E-state index in [2.05, 4.69) is 5.32 Å². The molecule has 0 unspecified atom stereocenters. The molecule has 9 heteroatoms. The fraction of sp³-hybridized carbons (Fsp3) is 0.438. The van der Waals surface area contributed by atoms with Crippen molar-refractivity contribution in [3.05, 3.63) is 45.3 Å². The van der Waals surface area contributed by atoms with Crippen molar-refractivity contribution < 1.29 is 18.6 Å². The molecule has 1 atom stereocenters. The van der Waals surface area contributed by atoms with Crippen LogP contribution in [-0.2, 0) is 13.8 Å². The summed E-state index contributed by atoms with van der Waals surface area (Å²) in [6.45, 7) is 5.43. The van der Waals surface area contributed by atoms with Crippen LogP contribution in [0.4, 0.5) is 0 Å². The monoisotopic (exact) mass is 406 g/mol. The molecular formula is C16H21Cl2N2O4P. The Kier molecular flexibility index (Phi) is 7.50. The zero-order chi connectivity index (χ0) is 18.4. The second-order valence-electron chi connectivity index (χ2n) is 5.43. The number of benzene rings is 1. The van der Waals surface area contributed by atoms with Crippen LogP contribution in [-0.4, -0.2) is 43.5 Å². The number of carbonyl (C=O) groups is 1. The van der Waals surface area contributed by atoms with Crippen LogP contribution in [0.15, 0.2) is 34.2 Å². The highest BCUT2D eigenvalue weighted by molar-refractivity contribution is 7.61. The number of halogens is 2. The Balaban J connectivity index is 2.30. The van der Waals surface area contributed by atoms with Crippen molar-refractivity contribution in [1.82, 2.24) is 9.99 Å². The van der Waals surface area contributed by atoms with Crippen molar-refractivity contribution in [3.8, 4) is 0 Å². The molecule has 0 aliphatic carbocycles. The minimum atomic E-state index is -3.61. The van der Waals surface area contributed by atoms with Crippen LogP contribution in [0.3, 0.4) is 0 Å². The van der Waals surface area contributed by atoms with Crippen LogP contribution in [0.2, 0.25) is 0 Å². The first-order chi connectivity index (χ1) is 11.9. The van der Waals surface area contributed by atoms with Gasteiger partial charge in [0.1, 0.15) is 4.49 Å². The Labute approximate surface area is 157 Å². The van der Waals surface area contributed by atoms with Gasteiger partial charge in [-0.3, -0.25) is 9.36 Å². The molecule has 0 spiro atoms. The van der Waals surface area contributed by atoms with Gasteiger partial charge < -0.3 is 14.6 Å². The summed E-state index contributed by atoms with van der Waals surface area (Å²) in [7, 11) is -3.61. The molecule has 2 rings (SSSR count). The third-order valence-electron chi connectivity index (χ3n) is 3.67. The Morgan fingerprint density at radius 3 is 2.40 bits per heavy atom. The van der Waals surface area contributed by atoms with Crippen LogP contribution >= 0.6 is 30.7 Å². The number of nitrogens with zero attached hydrogens (tertiary/aromatic N) is 1. The highest BCUT2D eigenvalue weighted by Gasteiger charge is 2.40. The number of aryl methyl sites for hydroxylation is 1. The van der Waals surface area contributed by atoms with E-state index in [1.54, 1.807) is 23.7 Å². The molecule has 0 bridgehead atoms. The molecule has 1 saturated heterocycles. The van der Waals surface area contributed by atoms with E-state index in [9.17, 15) is 9.36 Å². The summed E-state index contributed by atoms with van der Waals surface area (Å²) in [5.74, 6) is -0.456. The van der Waals surface area contributed by atoms with Crippen molar-refractivity contribution in [1.29, 1.82) is 0 Å². The summed E-state index contributed by atoms with van der Waals surface area (Å²) in [6, 6.07) is 6.96. The van der Waals surface area contributed by atoms with Crippen molar-refractivity contribution in [2.75, 3.05) is 32.9 Å². The van der Waals surface area contributed by atoms with Gasteiger partial charge in [-0.15, -0.1) is 0 Å². The van der Waals surface area contributed by atoms with E-state index in [0.29, 0.717) is 31.9 Å². The summed E-state index contributed by atoms with van der Waals surface area (Å²) in [5, 5.41) is 2.58. The van der Waals surface area contributed by atoms with Crippen LogP contribution in [0.1, 0.15) is 22.8 Å². The summed E-state index contributed by atoms with van der Waals surface area (Å²) in [5.41, 5.74) is 1.32. The third-order valence-corrected chi connectivity index (χ3v) is 6.97. The smallest absolute Gasteiger partial charge is 0.320 e. The van der Waals surface area contributed by atoms with Crippen molar-refractivity contribution in [2.24, 2.45) is 0 Å². The van der Waals surface area contributed by atoms with E-state index in [0.717, 1.165) is 5.56 Å². The number of hydrogen-bond acceptors (Lipinski definition) is 4. The SMILES string of the molecule is CCO[P@](=O)(C(NC(=O)c1ccc(C)cc1)=C(Cl)Cl)N1CCOCC1. The first kappa shape index (κ1) is 20.4. The highest BCUT2D eigenvalue weighted by atomic mass is 35.5. The average Bonchev–Trinajstić information content (AvgIpc) is 2.60. The molecule has 1 fully saturated rings. The lowest BCUT2D eigenvalue weighted by Gasteiger charge is -2.34. The van der Waals surface area contributed by atoms with Gasteiger partial charge in [0, 0.05) is 18.7 Å². The molecule has 0 saturated carbocycles. The van der Waals surface area contributed by atoms with Crippen molar-refractivity contribution in [3.63, 3.8) is 0 Å². The third kappa shape index (κ3) is 5.07. The zero-order valence-corrected chi connectivity index (χ0v) is 16.5. The van der Waals surface area contributed by atoms with E-state index in [-0.39, 0.29) is 16.5 Å². The number of carbonyl (C=O) groups excluding carboxylic acids is 1. The van der Waals surface area contributed by atoms with E-state index in [4.69, 9.17) is 32.5 Å². The number of amides is 1. The quantitative estimate of drug-likeness (QED) is 0.725. The predicted octanol–water partition coefficient (Wildman–Crippen LogP) is 3.89. The van der Waals surface area contributed by atoms with Crippen LogP contribution < -0.4 is 5.32 Å². The Bertz CT molecular complexity index is 684. The molecule has 1 aliphatic heterocycles. The van der Waals surface area contributed by atoms with Gasteiger partial charge in [-0.05, 0) is 26.0 Å². The van der Waals surface area contributed by atoms with Gasteiger partial charge in [-0.25, -0.2) is 4.67 Å². The second kappa shape index (κ2) is 9.17. The van der Waals surface area contributed by atoms with Gasteiger partial charge in [0.25, 0.3) is 5.91 Å². The largest absolute Gasteiger partial charge is 0.379 e. The van der Waals surface area contributed by atoms with Crippen molar-refractivity contribution in [2.45, 2.75) is 13.8 Å². The zero-order valence-electron chi connectivity index (χ0n) is 14.1. The predicted molar refractivity (Wildman–Crippen MR) is 99.0 cm³/mol. The van der Waals surface area contributed by atoms with E-state index in [1.807, 2.05) is 19.1 Å². The van der Waals surface area contributed by atoms with E-state index < -0.39 is 13.4 Å². The van der Waals surface area contributed by atoms with Gasteiger partial charge in [0.05, 0.1) is 19.8 Å². The van der Waals surface area contributed by atoms with Gasteiger partial charge >= 0.3 is 7.52 Å². The normalized spacial score (nSPS) is 17.6. The number of hydrogen-bond donors (Lipinski definition) is 1. The lowest BCUT2D eigenvalue weighted by Crippen LogP contribution is -2.37. The maximum Gasteiger partial charge on any atom is 0.320 e. The molecule has 1 aromatic carbocycles. The summed E-state index contributed by atoms with van der Waals surface area (Å²) >= 11 is 11.9. The first-order valence-corrected chi connectivity index (χ1v) is 10.2. The number of nitrogens with one attached hydrogen (secondary N) is 1. The maximum absolute atomic E-state index is 13.5. The van der Waals surface area contributed by atoms with Gasteiger partial charge in [0.2, 0.25) is 0 Å². The highest BCUT2D eigenvalue weighted by Crippen LogP contribution is 2.59. The lowest BCUT2D eigenvalue weighted by atomic mass is 10.1. The van der Waals surface area contributed by atoms with Gasteiger partial charge in [-0.2, -0.15) is 0 Å². The summed E-state index contributed by atoms with van der Waals surface area (Å²) in [4.78, 5) is 12.5. The van der Waals surface area contributed by atoms with E-state index >= 15 is 0 Å². The summed E-state index contributed by atoms with van der Waals surface area (Å²) < 4.78 is 25.7. The molecule has 138 valence electrons. The molecule has 25 heavy (non-hydrogen) atoms. The Morgan fingerprint density at radius 1 is 1.28 bits per heavy atom. The van der Waals surface area contributed by atoms with Gasteiger partial charge in [0.15, 0.2) is 5.44 Å². The van der Waals surface area contributed by atoms with Gasteiger partial charge in [-0.1, -0.05) is 40.9 Å². The molecule has 1 amide bonds. The minimum absolute atomic E-state index is 0.106. The fourth-order valence-corrected chi connectivity index (χ4v) is 5.20. The summed E-state index contributed by atoms with van der Waals surface area (Å²) in [6.07, 6.45) is 0. The molecule has 1 N–H and O–H groups in total. The number of morpholine rings is 1. The number of ether oxygens (including phenoxy) is 1. The lowest BCUT2D eigenvalue weighted by molar-refractivity contribution is 0.0654. The van der Waals surface area contributed by atoms with Crippen LogP contribution in [0.25, 0.3) is 0 Å². The topological polar surface area (TPSA) is 67.9 Å². The first-order valence-electron chi connectivity index (χ1n) is 7.90. The molecule has 1 heterocycles. The fourth-order valence-electron chi connectivity index (χ4n) is 2.39.